The van der Waals surface area contributed by atoms with Crippen molar-refractivity contribution in [3.05, 3.63) is 0 Å². The molecule has 0 unspecified atom stereocenters. The van der Waals surface area contributed by atoms with E-state index in [9.17, 15) is 4.39 Å². The lowest BCUT2D eigenvalue weighted by Crippen LogP contribution is -2.57. The van der Waals surface area contributed by atoms with Crippen LogP contribution < -0.4 is 0 Å². The molecule has 2 heterocycles. The van der Waals surface area contributed by atoms with Crippen molar-refractivity contribution in [2.45, 2.75) is 57.3 Å². The Labute approximate surface area is 73.9 Å². The van der Waals surface area contributed by atoms with Crippen LogP contribution in [0.3, 0.4) is 0 Å². The SMILES string of the molecule is CCC[C@@]12CCN1[C@H](C)[C@H](F)C2. The van der Waals surface area contributed by atoms with Gasteiger partial charge in [-0.1, -0.05) is 13.3 Å². The molecule has 2 aliphatic heterocycles. The van der Waals surface area contributed by atoms with Crippen LogP contribution in [-0.2, 0) is 0 Å². The molecule has 0 aromatic carbocycles. The summed E-state index contributed by atoms with van der Waals surface area (Å²) in [4.78, 5) is 2.38. The maximum absolute atomic E-state index is 13.4. The Balaban J connectivity index is 2.09. The Morgan fingerprint density at radius 3 is 2.75 bits per heavy atom. The van der Waals surface area contributed by atoms with Gasteiger partial charge in [-0.15, -0.1) is 0 Å². The fourth-order valence-corrected chi connectivity index (χ4v) is 2.98. The van der Waals surface area contributed by atoms with E-state index in [2.05, 4.69) is 11.8 Å². The molecule has 0 spiro atoms. The van der Waals surface area contributed by atoms with Crippen LogP contribution in [0, 0.1) is 0 Å². The summed E-state index contributed by atoms with van der Waals surface area (Å²) < 4.78 is 13.4. The monoisotopic (exact) mass is 171 g/mol. The van der Waals surface area contributed by atoms with Crippen molar-refractivity contribution in [2.75, 3.05) is 6.54 Å². The van der Waals surface area contributed by atoms with E-state index in [1.165, 1.54) is 19.3 Å². The Morgan fingerprint density at radius 1 is 1.58 bits per heavy atom. The molecule has 2 fully saturated rings. The summed E-state index contributed by atoms with van der Waals surface area (Å²) in [5.74, 6) is 0. The second-order valence-electron chi connectivity index (χ2n) is 4.38. The number of nitrogens with zero attached hydrogens (tertiary/aromatic N) is 1. The van der Waals surface area contributed by atoms with E-state index in [0.717, 1.165) is 13.0 Å². The highest BCUT2D eigenvalue weighted by molar-refractivity contribution is 5.10. The average Bonchev–Trinajstić information content (AvgIpc) is 2.13. The van der Waals surface area contributed by atoms with Crippen molar-refractivity contribution >= 4 is 0 Å². The highest BCUT2D eigenvalue weighted by Gasteiger charge is 2.54. The molecule has 2 heteroatoms. The van der Waals surface area contributed by atoms with Gasteiger partial charge in [0.15, 0.2) is 0 Å². The number of fused-ring (bicyclic) bond motifs is 1. The van der Waals surface area contributed by atoms with Crippen molar-refractivity contribution < 1.29 is 4.39 Å². The Hall–Kier alpha value is -0.110. The largest absolute Gasteiger partial charge is 0.292 e. The van der Waals surface area contributed by atoms with Crippen molar-refractivity contribution in [3.8, 4) is 0 Å². The maximum atomic E-state index is 13.4. The molecular formula is C10H18FN. The van der Waals surface area contributed by atoms with Gasteiger partial charge in [-0.25, -0.2) is 4.39 Å². The molecule has 70 valence electrons. The van der Waals surface area contributed by atoms with Gasteiger partial charge in [-0.3, -0.25) is 4.90 Å². The van der Waals surface area contributed by atoms with Gasteiger partial charge in [-0.05, 0) is 26.2 Å². The summed E-state index contributed by atoms with van der Waals surface area (Å²) in [6, 6.07) is 0.185. The fourth-order valence-electron chi connectivity index (χ4n) is 2.98. The number of halogens is 1. The number of rotatable bonds is 2. The molecule has 0 radical (unpaired) electrons. The molecule has 0 bridgehead atoms. The van der Waals surface area contributed by atoms with Crippen molar-refractivity contribution in [1.82, 2.24) is 4.90 Å². The topological polar surface area (TPSA) is 3.24 Å². The third kappa shape index (κ3) is 0.936. The Kier molecular flexibility index (Phi) is 1.90. The molecule has 0 aromatic heterocycles. The normalized spacial score (nSPS) is 47.2. The van der Waals surface area contributed by atoms with Gasteiger partial charge in [0.1, 0.15) is 6.17 Å². The number of hydrogen-bond acceptors (Lipinski definition) is 1. The predicted octanol–water partition coefficient (Wildman–Crippen LogP) is 2.36. The number of alkyl halides is 1. The van der Waals surface area contributed by atoms with Gasteiger partial charge in [0, 0.05) is 18.1 Å². The van der Waals surface area contributed by atoms with E-state index in [0.29, 0.717) is 0 Å². The lowest BCUT2D eigenvalue weighted by atomic mass is 9.81. The molecular weight excluding hydrogens is 153 g/mol. The lowest BCUT2D eigenvalue weighted by Gasteiger charge is -2.50. The summed E-state index contributed by atoms with van der Waals surface area (Å²) in [6.45, 7) is 5.35. The zero-order valence-electron chi connectivity index (χ0n) is 8.02. The minimum Gasteiger partial charge on any atom is -0.292 e. The molecule has 0 aromatic rings. The average molecular weight is 171 g/mol. The molecule has 12 heavy (non-hydrogen) atoms. The van der Waals surface area contributed by atoms with Crippen LogP contribution >= 0.6 is 0 Å². The zero-order valence-corrected chi connectivity index (χ0v) is 8.02. The lowest BCUT2D eigenvalue weighted by molar-refractivity contribution is -0.00614. The van der Waals surface area contributed by atoms with E-state index in [1.54, 1.807) is 0 Å². The van der Waals surface area contributed by atoms with Gasteiger partial charge in [0.2, 0.25) is 0 Å². The van der Waals surface area contributed by atoms with Crippen molar-refractivity contribution in [1.29, 1.82) is 0 Å². The quantitative estimate of drug-likeness (QED) is 0.616. The molecule has 0 aliphatic carbocycles. The first-order chi connectivity index (χ1) is 5.69. The van der Waals surface area contributed by atoms with Crippen molar-refractivity contribution in [3.63, 3.8) is 0 Å². The van der Waals surface area contributed by atoms with E-state index in [4.69, 9.17) is 0 Å². The zero-order chi connectivity index (χ0) is 8.77. The van der Waals surface area contributed by atoms with Gasteiger partial charge in [0.25, 0.3) is 0 Å². The summed E-state index contributed by atoms with van der Waals surface area (Å²) in [5, 5.41) is 0. The van der Waals surface area contributed by atoms with Crippen LogP contribution in [0.15, 0.2) is 0 Å². The van der Waals surface area contributed by atoms with Crippen LogP contribution in [0.1, 0.15) is 39.5 Å². The molecule has 0 N–H and O–H groups in total. The van der Waals surface area contributed by atoms with Gasteiger partial charge in [-0.2, -0.15) is 0 Å². The minimum atomic E-state index is -0.570. The van der Waals surface area contributed by atoms with E-state index in [-0.39, 0.29) is 11.6 Å². The van der Waals surface area contributed by atoms with Gasteiger partial charge in [0.05, 0.1) is 0 Å². The predicted molar refractivity (Wildman–Crippen MR) is 47.9 cm³/mol. The third-order valence-corrected chi connectivity index (χ3v) is 3.73. The highest BCUT2D eigenvalue weighted by atomic mass is 19.1. The van der Waals surface area contributed by atoms with E-state index < -0.39 is 6.17 Å². The smallest absolute Gasteiger partial charge is 0.117 e. The summed E-state index contributed by atoms with van der Waals surface area (Å²) in [5.41, 5.74) is 0.285. The van der Waals surface area contributed by atoms with Gasteiger partial charge < -0.3 is 0 Å². The first-order valence-electron chi connectivity index (χ1n) is 5.10. The third-order valence-electron chi connectivity index (χ3n) is 3.73. The molecule has 0 saturated carbocycles. The molecule has 3 atom stereocenters. The standard InChI is InChI=1S/C10H18FN/c1-3-4-10-5-6-12(10)8(2)9(11)7-10/h8-9H,3-7H2,1-2H3/t8-,9-,10+/m1/s1. The van der Waals surface area contributed by atoms with E-state index >= 15 is 0 Å². The summed E-state index contributed by atoms with van der Waals surface area (Å²) in [7, 11) is 0. The molecule has 2 aliphatic rings. The van der Waals surface area contributed by atoms with Crippen LogP contribution in [-0.4, -0.2) is 29.2 Å². The summed E-state index contributed by atoms with van der Waals surface area (Å²) >= 11 is 0. The van der Waals surface area contributed by atoms with Crippen molar-refractivity contribution in [2.24, 2.45) is 0 Å². The molecule has 1 nitrogen and oxygen atoms in total. The first-order valence-corrected chi connectivity index (χ1v) is 5.10. The fraction of sp³-hybridized carbons (Fsp3) is 1.00. The summed E-state index contributed by atoms with van der Waals surface area (Å²) in [6.07, 6.45) is 3.83. The molecule has 2 saturated heterocycles. The van der Waals surface area contributed by atoms with Crippen LogP contribution in [0.4, 0.5) is 4.39 Å². The van der Waals surface area contributed by atoms with Crippen LogP contribution in [0.2, 0.25) is 0 Å². The Morgan fingerprint density at radius 2 is 2.33 bits per heavy atom. The minimum absolute atomic E-state index is 0.185. The molecule has 0 amide bonds. The first kappa shape index (κ1) is 8.49. The molecule has 2 rings (SSSR count). The van der Waals surface area contributed by atoms with Crippen LogP contribution in [0.25, 0.3) is 0 Å². The van der Waals surface area contributed by atoms with Gasteiger partial charge >= 0.3 is 0 Å². The number of hydrogen-bond donors (Lipinski definition) is 0. The second-order valence-corrected chi connectivity index (χ2v) is 4.38. The second kappa shape index (κ2) is 2.69. The maximum Gasteiger partial charge on any atom is 0.117 e. The van der Waals surface area contributed by atoms with Crippen LogP contribution in [0.5, 0.6) is 0 Å². The van der Waals surface area contributed by atoms with E-state index in [1.807, 2.05) is 6.92 Å². The highest BCUT2D eigenvalue weighted by Crippen LogP contribution is 2.47. The Bertz CT molecular complexity index is 183.